The summed E-state index contributed by atoms with van der Waals surface area (Å²) in [6, 6.07) is 11.2. The molecule has 9 heteroatoms. The monoisotopic (exact) mass is 430 g/mol. The molecule has 4 aromatic rings. The Bertz CT molecular complexity index is 1280. The van der Waals surface area contributed by atoms with Crippen LogP contribution in [0.25, 0.3) is 27.8 Å². The first kappa shape index (κ1) is 21.0. The SMILES string of the molecule is CCNC(=O)Nc1nc2c(-[n+]3cccc(N(C)C(C)=O)c3)cc(-c3cccnc3)cc2[nH]1. The Morgan fingerprint density at radius 1 is 1.19 bits per heavy atom. The molecule has 0 aliphatic rings. The second kappa shape index (κ2) is 8.84. The summed E-state index contributed by atoms with van der Waals surface area (Å²) in [6.45, 7) is 3.87. The number of fused-ring (bicyclic) bond motifs is 1. The van der Waals surface area contributed by atoms with Gasteiger partial charge in [0.2, 0.25) is 17.5 Å². The second-order valence-electron chi connectivity index (χ2n) is 7.25. The number of rotatable bonds is 5. The summed E-state index contributed by atoms with van der Waals surface area (Å²) < 4.78 is 1.91. The average molecular weight is 430 g/mol. The number of amides is 3. The lowest BCUT2D eigenvalue weighted by molar-refractivity contribution is -0.593. The van der Waals surface area contributed by atoms with Crippen LogP contribution < -0.4 is 20.1 Å². The third-order valence-corrected chi connectivity index (χ3v) is 5.05. The van der Waals surface area contributed by atoms with Crippen molar-refractivity contribution in [1.82, 2.24) is 20.3 Å². The highest BCUT2D eigenvalue weighted by molar-refractivity contribution is 5.93. The molecule has 0 fully saturated rings. The molecule has 0 spiro atoms. The molecule has 0 saturated heterocycles. The van der Waals surface area contributed by atoms with Crippen LogP contribution in [0.4, 0.5) is 16.4 Å². The minimum Gasteiger partial charge on any atom is -0.338 e. The molecular formula is C23H24N7O2+. The maximum absolute atomic E-state index is 12.0. The lowest BCUT2D eigenvalue weighted by Gasteiger charge is -2.13. The van der Waals surface area contributed by atoms with Crippen molar-refractivity contribution in [2.45, 2.75) is 13.8 Å². The number of anilines is 2. The van der Waals surface area contributed by atoms with Crippen LogP contribution in [0.2, 0.25) is 0 Å². The van der Waals surface area contributed by atoms with Gasteiger partial charge in [0.15, 0.2) is 17.9 Å². The molecule has 1 aromatic carbocycles. The number of hydrogen-bond acceptors (Lipinski definition) is 4. The second-order valence-corrected chi connectivity index (χ2v) is 7.25. The molecule has 0 bridgehead atoms. The highest BCUT2D eigenvalue weighted by atomic mass is 16.2. The van der Waals surface area contributed by atoms with Crippen molar-refractivity contribution >= 4 is 34.6 Å². The fourth-order valence-corrected chi connectivity index (χ4v) is 3.36. The van der Waals surface area contributed by atoms with Crippen LogP contribution in [-0.4, -0.2) is 40.5 Å². The number of aromatic amines is 1. The van der Waals surface area contributed by atoms with Crippen LogP contribution in [0, 0.1) is 0 Å². The number of benzene rings is 1. The number of imidazole rings is 1. The molecule has 4 rings (SSSR count). The van der Waals surface area contributed by atoms with E-state index in [-0.39, 0.29) is 11.9 Å². The smallest absolute Gasteiger partial charge is 0.321 e. The first-order valence-electron chi connectivity index (χ1n) is 10.2. The van der Waals surface area contributed by atoms with Crippen LogP contribution in [0.5, 0.6) is 0 Å². The van der Waals surface area contributed by atoms with E-state index in [9.17, 15) is 9.59 Å². The molecule has 0 aliphatic carbocycles. The Hall–Kier alpha value is -4.27. The van der Waals surface area contributed by atoms with Gasteiger partial charge < -0.3 is 15.2 Å². The summed E-state index contributed by atoms with van der Waals surface area (Å²) in [6.07, 6.45) is 7.28. The minimum atomic E-state index is -0.335. The molecule has 32 heavy (non-hydrogen) atoms. The zero-order chi connectivity index (χ0) is 22.7. The number of aromatic nitrogens is 4. The molecule has 162 valence electrons. The summed E-state index contributed by atoms with van der Waals surface area (Å²) in [5.74, 6) is 0.276. The third-order valence-electron chi connectivity index (χ3n) is 5.05. The first-order chi connectivity index (χ1) is 15.5. The van der Waals surface area contributed by atoms with Gasteiger partial charge >= 0.3 is 6.03 Å². The number of nitrogens with zero attached hydrogens (tertiary/aromatic N) is 4. The Balaban J connectivity index is 1.87. The molecule has 0 atom stereocenters. The normalized spacial score (nSPS) is 10.7. The molecule has 0 unspecified atom stereocenters. The zero-order valence-corrected chi connectivity index (χ0v) is 18.1. The van der Waals surface area contributed by atoms with Gasteiger partial charge in [0.1, 0.15) is 5.69 Å². The molecule has 9 nitrogen and oxygen atoms in total. The van der Waals surface area contributed by atoms with E-state index < -0.39 is 0 Å². The third kappa shape index (κ3) is 4.27. The van der Waals surface area contributed by atoms with Gasteiger partial charge in [-0.25, -0.2) is 9.78 Å². The van der Waals surface area contributed by atoms with Gasteiger partial charge in [0, 0.05) is 50.6 Å². The van der Waals surface area contributed by atoms with Crippen LogP contribution in [0.1, 0.15) is 13.8 Å². The van der Waals surface area contributed by atoms with E-state index >= 15 is 0 Å². The van der Waals surface area contributed by atoms with Crippen molar-refractivity contribution in [3.05, 3.63) is 61.2 Å². The van der Waals surface area contributed by atoms with Crippen molar-refractivity contribution in [1.29, 1.82) is 0 Å². The van der Waals surface area contributed by atoms with E-state index in [4.69, 9.17) is 0 Å². The van der Waals surface area contributed by atoms with E-state index in [2.05, 4.69) is 25.6 Å². The Kier molecular flexibility index (Phi) is 5.80. The van der Waals surface area contributed by atoms with E-state index in [1.165, 1.54) is 6.92 Å². The van der Waals surface area contributed by atoms with Crippen LogP contribution >= 0.6 is 0 Å². The molecule has 0 aliphatic heterocycles. The first-order valence-corrected chi connectivity index (χ1v) is 10.2. The summed E-state index contributed by atoms with van der Waals surface area (Å²) in [4.78, 5) is 37.4. The summed E-state index contributed by atoms with van der Waals surface area (Å²) in [7, 11) is 1.73. The van der Waals surface area contributed by atoms with Gasteiger partial charge in [0.25, 0.3) is 0 Å². The van der Waals surface area contributed by atoms with Gasteiger partial charge in [-0.15, -0.1) is 0 Å². The number of carbonyl (C=O) groups excluding carboxylic acids is 2. The summed E-state index contributed by atoms with van der Waals surface area (Å²) in [5.41, 5.74) is 4.85. The summed E-state index contributed by atoms with van der Waals surface area (Å²) >= 11 is 0. The number of H-pyrrole nitrogens is 1. The topological polar surface area (TPSA) is 107 Å². The molecule has 3 N–H and O–H groups in total. The van der Waals surface area contributed by atoms with Crippen LogP contribution in [0.15, 0.2) is 61.2 Å². The largest absolute Gasteiger partial charge is 0.338 e. The highest BCUT2D eigenvalue weighted by Gasteiger charge is 2.20. The van der Waals surface area contributed by atoms with Crippen LogP contribution in [-0.2, 0) is 4.79 Å². The number of carbonyl (C=O) groups is 2. The molecule has 3 aromatic heterocycles. The minimum absolute atomic E-state index is 0.0646. The molecule has 3 amide bonds. The van der Waals surface area contributed by atoms with Crippen molar-refractivity contribution < 1.29 is 14.2 Å². The average Bonchev–Trinajstić information content (AvgIpc) is 3.20. The van der Waals surface area contributed by atoms with Gasteiger partial charge in [-0.2, -0.15) is 4.57 Å². The number of nitrogens with one attached hydrogen (secondary N) is 3. The highest BCUT2D eigenvalue weighted by Crippen LogP contribution is 2.28. The molecule has 0 radical (unpaired) electrons. The zero-order valence-electron chi connectivity index (χ0n) is 18.1. The number of pyridine rings is 2. The fraction of sp³-hybridized carbons (Fsp3) is 0.174. The lowest BCUT2D eigenvalue weighted by Crippen LogP contribution is -2.33. The molecular weight excluding hydrogens is 406 g/mol. The number of hydrogen-bond donors (Lipinski definition) is 3. The van der Waals surface area contributed by atoms with Gasteiger partial charge in [-0.1, -0.05) is 6.07 Å². The maximum atomic E-state index is 12.0. The van der Waals surface area contributed by atoms with Gasteiger partial charge in [0.05, 0.1) is 5.52 Å². The van der Waals surface area contributed by atoms with Crippen molar-refractivity contribution in [2.24, 2.45) is 0 Å². The number of urea groups is 1. The summed E-state index contributed by atoms with van der Waals surface area (Å²) in [5, 5.41) is 5.41. The van der Waals surface area contributed by atoms with E-state index in [0.29, 0.717) is 18.0 Å². The molecule has 3 heterocycles. The quantitative estimate of drug-likeness (QED) is 0.423. The fourth-order valence-electron chi connectivity index (χ4n) is 3.36. The molecule has 0 saturated carbocycles. The van der Waals surface area contributed by atoms with E-state index in [1.807, 2.05) is 60.3 Å². The Morgan fingerprint density at radius 2 is 2.03 bits per heavy atom. The van der Waals surface area contributed by atoms with Crippen LogP contribution in [0.3, 0.4) is 0 Å². The van der Waals surface area contributed by atoms with Gasteiger partial charge in [-0.3, -0.25) is 15.1 Å². The van der Waals surface area contributed by atoms with Crippen molar-refractivity contribution in [2.75, 3.05) is 23.8 Å². The maximum Gasteiger partial charge on any atom is 0.321 e. The predicted molar refractivity (Wildman–Crippen MR) is 123 cm³/mol. The van der Waals surface area contributed by atoms with E-state index in [1.54, 1.807) is 24.3 Å². The van der Waals surface area contributed by atoms with Crippen molar-refractivity contribution in [3.63, 3.8) is 0 Å². The lowest BCUT2D eigenvalue weighted by atomic mass is 10.1. The van der Waals surface area contributed by atoms with E-state index in [0.717, 1.165) is 28.0 Å². The Morgan fingerprint density at radius 3 is 2.75 bits per heavy atom. The standard InChI is InChI=1S/C23H23N7O2/c1-4-25-23(32)28-22-26-19-11-17(16-7-5-9-24-13-16)12-20(21(19)27-22)30-10-6-8-18(14-30)29(3)15(2)31/h5-14H,4H2,1-3H3,(H2-,25,26,27,28,32)/p+1. The predicted octanol–water partition coefficient (Wildman–Crippen LogP) is 3.03. The van der Waals surface area contributed by atoms with Crippen molar-refractivity contribution in [3.8, 4) is 16.8 Å². The van der Waals surface area contributed by atoms with Gasteiger partial charge in [-0.05, 0) is 30.7 Å². The Labute approximate surface area is 185 Å².